The van der Waals surface area contributed by atoms with E-state index >= 15 is 0 Å². The van der Waals surface area contributed by atoms with E-state index in [1.54, 1.807) is 7.11 Å². The van der Waals surface area contributed by atoms with E-state index in [1.807, 2.05) is 23.7 Å². The summed E-state index contributed by atoms with van der Waals surface area (Å²) in [5, 5.41) is 2.93. The summed E-state index contributed by atoms with van der Waals surface area (Å²) in [6.07, 6.45) is 1.13. The van der Waals surface area contributed by atoms with Crippen molar-refractivity contribution in [3.05, 3.63) is 29.6 Å². The van der Waals surface area contributed by atoms with Crippen molar-refractivity contribution in [2.45, 2.75) is 38.0 Å². The predicted molar refractivity (Wildman–Crippen MR) is 84.2 cm³/mol. The van der Waals surface area contributed by atoms with Crippen LogP contribution in [0.3, 0.4) is 0 Å². The zero-order chi connectivity index (χ0) is 15.9. The molecular formula is C16H22N4O2. The molecule has 0 aliphatic heterocycles. The number of imidazole rings is 1. The second kappa shape index (κ2) is 5.37. The van der Waals surface area contributed by atoms with E-state index < -0.39 is 5.60 Å². The second-order valence-corrected chi connectivity index (χ2v) is 6.08. The summed E-state index contributed by atoms with van der Waals surface area (Å²) >= 11 is 0. The number of benzene rings is 1. The van der Waals surface area contributed by atoms with Gasteiger partial charge in [-0.1, -0.05) is 12.1 Å². The molecule has 0 spiro atoms. The fourth-order valence-electron chi connectivity index (χ4n) is 3.22. The average Bonchev–Trinajstić information content (AvgIpc) is 2.79. The maximum atomic E-state index is 12.4. The normalized spacial score (nSPS) is 24.3. The van der Waals surface area contributed by atoms with Crippen LogP contribution in [0, 0.1) is 6.92 Å². The Labute approximate surface area is 129 Å². The van der Waals surface area contributed by atoms with Gasteiger partial charge in [-0.15, -0.1) is 0 Å². The Kier molecular flexibility index (Phi) is 3.66. The Morgan fingerprint density at radius 3 is 2.86 bits per heavy atom. The van der Waals surface area contributed by atoms with Crippen LogP contribution < -0.4 is 11.1 Å². The van der Waals surface area contributed by atoms with Crippen molar-refractivity contribution < 1.29 is 9.53 Å². The fourth-order valence-corrected chi connectivity index (χ4v) is 3.22. The lowest BCUT2D eigenvalue weighted by Crippen LogP contribution is -2.61. The topological polar surface area (TPSA) is 82.2 Å². The number of amides is 1. The predicted octanol–water partition coefficient (Wildman–Crippen LogP) is 1.00. The minimum absolute atomic E-state index is 0.0455. The number of ether oxygens (including phenoxy) is 1. The molecule has 3 rings (SSSR count). The van der Waals surface area contributed by atoms with Gasteiger partial charge in [0.25, 0.3) is 5.91 Å². The van der Waals surface area contributed by atoms with Gasteiger partial charge in [-0.2, -0.15) is 0 Å². The standard InChI is InChI=1S/C16H22N4O2/c1-10-5-4-6-12-14(10)20(2)13(19-12)9-18-15(21)16(22-3)7-11(17)8-16/h4-6,11H,7-9,17H2,1-3H3,(H,18,21). The van der Waals surface area contributed by atoms with Gasteiger partial charge in [-0.05, 0) is 18.6 Å². The zero-order valence-electron chi connectivity index (χ0n) is 13.2. The van der Waals surface area contributed by atoms with Crippen LogP contribution in [0.1, 0.15) is 24.2 Å². The highest BCUT2D eigenvalue weighted by Crippen LogP contribution is 2.34. The fraction of sp³-hybridized carbons (Fsp3) is 0.500. The lowest BCUT2D eigenvalue weighted by Gasteiger charge is -2.43. The van der Waals surface area contributed by atoms with Crippen LogP contribution in [0.4, 0.5) is 0 Å². The molecule has 22 heavy (non-hydrogen) atoms. The molecule has 2 aromatic rings. The van der Waals surface area contributed by atoms with Crippen LogP contribution in [0.2, 0.25) is 0 Å². The summed E-state index contributed by atoms with van der Waals surface area (Å²) in [4.78, 5) is 17.0. The Hall–Kier alpha value is -1.92. The number of hydrogen-bond donors (Lipinski definition) is 2. The van der Waals surface area contributed by atoms with E-state index in [0.717, 1.165) is 16.9 Å². The van der Waals surface area contributed by atoms with Crippen LogP contribution in [0.25, 0.3) is 11.0 Å². The lowest BCUT2D eigenvalue weighted by atomic mass is 9.75. The molecule has 1 aliphatic carbocycles. The van der Waals surface area contributed by atoms with Crippen molar-refractivity contribution in [2.24, 2.45) is 12.8 Å². The molecule has 1 aromatic heterocycles. The number of nitrogens with zero attached hydrogens (tertiary/aromatic N) is 2. The Morgan fingerprint density at radius 2 is 2.27 bits per heavy atom. The number of aromatic nitrogens is 2. The maximum absolute atomic E-state index is 12.4. The molecule has 0 radical (unpaired) electrons. The molecule has 3 N–H and O–H groups in total. The van der Waals surface area contributed by atoms with Crippen LogP contribution in [-0.4, -0.2) is 34.2 Å². The monoisotopic (exact) mass is 302 g/mol. The lowest BCUT2D eigenvalue weighted by molar-refractivity contribution is -0.156. The molecule has 118 valence electrons. The van der Waals surface area contributed by atoms with Crippen molar-refractivity contribution in [2.75, 3.05) is 7.11 Å². The van der Waals surface area contributed by atoms with E-state index in [4.69, 9.17) is 10.5 Å². The number of nitrogens with two attached hydrogens (primary N) is 1. The molecule has 0 bridgehead atoms. The van der Waals surface area contributed by atoms with Gasteiger partial charge in [-0.3, -0.25) is 4.79 Å². The minimum atomic E-state index is -0.764. The number of hydrogen-bond acceptors (Lipinski definition) is 4. The highest BCUT2D eigenvalue weighted by atomic mass is 16.5. The number of methoxy groups -OCH3 is 1. The quantitative estimate of drug-likeness (QED) is 0.883. The molecule has 1 heterocycles. The van der Waals surface area contributed by atoms with E-state index in [2.05, 4.69) is 23.3 Å². The van der Waals surface area contributed by atoms with Gasteiger partial charge < -0.3 is 20.4 Å². The average molecular weight is 302 g/mol. The summed E-state index contributed by atoms with van der Waals surface area (Å²) in [5.41, 5.74) is 8.24. The van der Waals surface area contributed by atoms with E-state index in [9.17, 15) is 4.79 Å². The number of aryl methyl sites for hydroxylation is 2. The van der Waals surface area contributed by atoms with Gasteiger partial charge in [0, 0.05) is 33.0 Å². The van der Waals surface area contributed by atoms with Crippen LogP contribution in [-0.2, 0) is 23.1 Å². The molecule has 1 aromatic carbocycles. The van der Waals surface area contributed by atoms with Crippen molar-refractivity contribution in [3.63, 3.8) is 0 Å². The first-order chi connectivity index (χ1) is 10.5. The van der Waals surface area contributed by atoms with Gasteiger partial charge >= 0.3 is 0 Å². The first kappa shape index (κ1) is 15.0. The third-order valence-electron chi connectivity index (χ3n) is 4.58. The summed E-state index contributed by atoms with van der Waals surface area (Å²) < 4.78 is 7.41. The zero-order valence-corrected chi connectivity index (χ0v) is 13.2. The number of rotatable bonds is 4. The molecular weight excluding hydrogens is 280 g/mol. The SMILES string of the molecule is COC1(C(=O)NCc2nc3cccc(C)c3n2C)CC(N)C1. The Morgan fingerprint density at radius 1 is 1.55 bits per heavy atom. The van der Waals surface area contributed by atoms with Gasteiger partial charge in [0.2, 0.25) is 0 Å². The molecule has 0 atom stereocenters. The maximum Gasteiger partial charge on any atom is 0.252 e. The molecule has 1 fully saturated rings. The third kappa shape index (κ3) is 2.28. The first-order valence-corrected chi connectivity index (χ1v) is 7.47. The summed E-state index contributed by atoms with van der Waals surface area (Å²) in [5.74, 6) is 0.716. The largest absolute Gasteiger partial charge is 0.368 e. The van der Waals surface area contributed by atoms with Crippen molar-refractivity contribution >= 4 is 16.9 Å². The highest BCUT2D eigenvalue weighted by molar-refractivity contribution is 5.86. The molecule has 1 saturated carbocycles. The van der Waals surface area contributed by atoms with Crippen LogP contribution >= 0.6 is 0 Å². The second-order valence-electron chi connectivity index (χ2n) is 6.08. The number of fused-ring (bicyclic) bond motifs is 1. The smallest absolute Gasteiger partial charge is 0.252 e. The number of para-hydroxylation sites is 1. The molecule has 1 aliphatic rings. The van der Waals surface area contributed by atoms with Gasteiger partial charge in [-0.25, -0.2) is 4.98 Å². The minimum Gasteiger partial charge on any atom is -0.368 e. The van der Waals surface area contributed by atoms with Gasteiger partial charge in [0.15, 0.2) is 0 Å². The number of carbonyl (C=O) groups is 1. The Bertz CT molecular complexity index is 716. The van der Waals surface area contributed by atoms with Crippen molar-refractivity contribution in [1.29, 1.82) is 0 Å². The van der Waals surface area contributed by atoms with E-state index in [-0.39, 0.29) is 11.9 Å². The summed E-state index contributed by atoms with van der Waals surface area (Å²) in [7, 11) is 3.53. The molecule has 6 nitrogen and oxygen atoms in total. The molecule has 1 amide bonds. The molecule has 0 unspecified atom stereocenters. The Balaban J connectivity index is 1.76. The van der Waals surface area contributed by atoms with Gasteiger partial charge in [0.05, 0.1) is 17.6 Å². The van der Waals surface area contributed by atoms with Crippen molar-refractivity contribution in [3.8, 4) is 0 Å². The highest BCUT2D eigenvalue weighted by Gasteiger charge is 2.49. The number of carbonyl (C=O) groups excluding carboxylic acids is 1. The summed E-state index contributed by atoms with van der Waals surface area (Å²) in [6, 6.07) is 6.07. The van der Waals surface area contributed by atoms with Crippen LogP contribution in [0.5, 0.6) is 0 Å². The summed E-state index contributed by atoms with van der Waals surface area (Å²) in [6.45, 7) is 2.44. The van der Waals surface area contributed by atoms with Crippen LogP contribution in [0.15, 0.2) is 18.2 Å². The third-order valence-corrected chi connectivity index (χ3v) is 4.58. The molecule has 6 heteroatoms. The van der Waals surface area contributed by atoms with E-state index in [1.165, 1.54) is 5.56 Å². The first-order valence-electron chi connectivity index (χ1n) is 7.47. The van der Waals surface area contributed by atoms with Crippen molar-refractivity contribution in [1.82, 2.24) is 14.9 Å². The molecule has 0 saturated heterocycles. The number of nitrogens with one attached hydrogen (secondary N) is 1. The van der Waals surface area contributed by atoms with E-state index in [0.29, 0.717) is 19.4 Å². The van der Waals surface area contributed by atoms with Gasteiger partial charge in [0.1, 0.15) is 11.4 Å².